The van der Waals surface area contributed by atoms with Gasteiger partial charge in [0.2, 0.25) is 0 Å². The number of rotatable bonds is 7. The van der Waals surface area contributed by atoms with E-state index in [-0.39, 0.29) is 0 Å². The highest BCUT2D eigenvalue weighted by Gasteiger charge is 2.36. The monoisotopic (exact) mass is 270 g/mol. The summed E-state index contributed by atoms with van der Waals surface area (Å²) in [7, 11) is 1.81. The fourth-order valence-corrected chi connectivity index (χ4v) is 3.52. The lowest BCUT2D eigenvalue weighted by molar-refractivity contribution is -0.0236. The van der Waals surface area contributed by atoms with Crippen LogP contribution in [0.3, 0.4) is 0 Å². The van der Waals surface area contributed by atoms with E-state index in [0.29, 0.717) is 5.41 Å². The van der Waals surface area contributed by atoms with E-state index >= 15 is 0 Å². The number of nitrogens with one attached hydrogen (secondary N) is 1. The molecule has 4 nitrogen and oxygen atoms in total. The summed E-state index contributed by atoms with van der Waals surface area (Å²) in [5.41, 5.74) is 0.330. The Labute approximate surface area is 117 Å². The van der Waals surface area contributed by atoms with Crippen LogP contribution >= 0.6 is 0 Å². The summed E-state index contributed by atoms with van der Waals surface area (Å²) in [6, 6.07) is 0. The zero-order chi connectivity index (χ0) is 13.6. The van der Waals surface area contributed by atoms with Gasteiger partial charge in [0.25, 0.3) is 0 Å². The van der Waals surface area contributed by atoms with Crippen LogP contribution < -0.4 is 5.32 Å². The van der Waals surface area contributed by atoms with Crippen LogP contribution in [0.2, 0.25) is 0 Å². The molecule has 0 amide bonds. The molecule has 0 aromatic rings. The molecule has 2 rings (SSSR count). The minimum atomic E-state index is 0.330. The van der Waals surface area contributed by atoms with Crippen molar-refractivity contribution in [3.8, 4) is 0 Å². The average Bonchev–Trinajstić information content (AvgIpc) is 2.85. The van der Waals surface area contributed by atoms with E-state index in [1.165, 1.54) is 38.9 Å². The predicted octanol–water partition coefficient (Wildman–Crippen LogP) is 1.36. The van der Waals surface area contributed by atoms with Gasteiger partial charge in [0.15, 0.2) is 0 Å². The van der Waals surface area contributed by atoms with Crippen LogP contribution in [0.5, 0.6) is 0 Å². The van der Waals surface area contributed by atoms with Crippen molar-refractivity contribution in [2.24, 2.45) is 11.3 Å². The third-order valence-corrected chi connectivity index (χ3v) is 4.49. The summed E-state index contributed by atoms with van der Waals surface area (Å²) >= 11 is 0. The lowest BCUT2D eigenvalue weighted by Gasteiger charge is -2.40. The molecule has 0 aromatic heterocycles. The van der Waals surface area contributed by atoms with Crippen LogP contribution in [0.15, 0.2) is 0 Å². The molecule has 2 atom stereocenters. The molecule has 0 aliphatic carbocycles. The number of ether oxygens (including phenoxy) is 2. The van der Waals surface area contributed by atoms with E-state index in [4.69, 9.17) is 9.47 Å². The average molecular weight is 270 g/mol. The fourth-order valence-electron chi connectivity index (χ4n) is 3.52. The molecule has 2 unspecified atom stereocenters. The van der Waals surface area contributed by atoms with Crippen molar-refractivity contribution in [2.75, 3.05) is 59.7 Å². The maximum absolute atomic E-state index is 5.78. The first-order valence-electron chi connectivity index (χ1n) is 7.78. The highest BCUT2D eigenvalue weighted by atomic mass is 16.5. The molecule has 2 fully saturated rings. The van der Waals surface area contributed by atoms with E-state index in [0.717, 1.165) is 38.8 Å². The Morgan fingerprint density at radius 2 is 2.37 bits per heavy atom. The van der Waals surface area contributed by atoms with Crippen LogP contribution in [0.1, 0.15) is 26.2 Å². The first kappa shape index (κ1) is 15.2. The molecule has 2 aliphatic heterocycles. The SMILES string of the molecule is CCNCC1(CN2CCC(COC)C2)CCCOC1. The van der Waals surface area contributed by atoms with Crippen molar-refractivity contribution in [1.82, 2.24) is 10.2 Å². The minimum Gasteiger partial charge on any atom is -0.384 e. The molecular formula is C15H30N2O2. The number of hydrogen-bond donors (Lipinski definition) is 1. The van der Waals surface area contributed by atoms with Crippen molar-refractivity contribution in [3.63, 3.8) is 0 Å². The maximum atomic E-state index is 5.78. The van der Waals surface area contributed by atoms with Crippen molar-refractivity contribution < 1.29 is 9.47 Å². The van der Waals surface area contributed by atoms with Gasteiger partial charge >= 0.3 is 0 Å². The van der Waals surface area contributed by atoms with Gasteiger partial charge in [-0.1, -0.05) is 6.92 Å². The molecule has 2 aliphatic rings. The highest BCUT2D eigenvalue weighted by Crippen LogP contribution is 2.31. The van der Waals surface area contributed by atoms with Gasteiger partial charge < -0.3 is 19.7 Å². The first-order chi connectivity index (χ1) is 9.28. The Kier molecular flexibility index (Phi) is 6.07. The fraction of sp³-hybridized carbons (Fsp3) is 1.00. The highest BCUT2D eigenvalue weighted by molar-refractivity contribution is 4.89. The smallest absolute Gasteiger partial charge is 0.0546 e. The second-order valence-electron chi connectivity index (χ2n) is 6.28. The van der Waals surface area contributed by atoms with E-state index in [9.17, 15) is 0 Å². The second kappa shape index (κ2) is 7.58. The molecule has 0 saturated carbocycles. The van der Waals surface area contributed by atoms with E-state index in [2.05, 4.69) is 17.1 Å². The van der Waals surface area contributed by atoms with Crippen LogP contribution in [0.25, 0.3) is 0 Å². The summed E-state index contributed by atoms with van der Waals surface area (Å²) in [4.78, 5) is 2.62. The predicted molar refractivity (Wildman–Crippen MR) is 77.5 cm³/mol. The summed E-state index contributed by atoms with van der Waals surface area (Å²) < 4.78 is 11.1. The molecule has 112 valence electrons. The Hall–Kier alpha value is -0.160. The van der Waals surface area contributed by atoms with Gasteiger partial charge in [0, 0.05) is 38.8 Å². The molecule has 4 heteroatoms. The largest absolute Gasteiger partial charge is 0.384 e. The van der Waals surface area contributed by atoms with Crippen molar-refractivity contribution in [1.29, 1.82) is 0 Å². The standard InChI is InChI=1S/C15H30N2O2/c1-3-16-11-15(6-4-8-19-13-15)12-17-7-5-14(9-17)10-18-2/h14,16H,3-13H2,1-2H3. The molecule has 0 spiro atoms. The van der Waals surface area contributed by atoms with E-state index in [1.807, 2.05) is 7.11 Å². The molecule has 0 bridgehead atoms. The maximum Gasteiger partial charge on any atom is 0.0546 e. The molecule has 1 N–H and O–H groups in total. The first-order valence-corrected chi connectivity index (χ1v) is 7.78. The Balaban J connectivity index is 1.85. The second-order valence-corrected chi connectivity index (χ2v) is 6.28. The Morgan fingerprint density at radius 3 is 3.05 bits per heavy atom. The number of nitrogens with zero attached hydrogens (tertiary/aromatic N) is 1. The van der Waals surface area contributed by atoms with Gasteiger partial charge in [-0.2, -0.15) is 0 Å². The quantitative estimate of drug-likeness (QED) is 0.757. The lowest BCUT2D eigenvalue weighted by Crippen LogP contribution is -2.48. The van der Waals surface area contributed by atoms with Crippen LogP contribution in [0.4, 0.5) is 0 Å². The number of hydrogen-bond acceptors (Lipinski definition) is 4. The molecule has 0 radical (unpaired) electrons. The third kappa shape index (κ3) is 4.42. The van der Waals surface area contributed by atoms with Crippen LogP contribution in [-0.4, -0.2) is 64.6 Å². The van der Waals surface area contributed by atoms with Gasteiger partial charge in [-0.25, -0.2) is 0 Å². The van der Waals surface area contributed by atoms with E-state index in [1.54, 1.807) is 0 Å². The van der Waals surface area contributed by atoms with Crippen molar-refractivity contribution in [3.05, 3.63) is 0 Å². The normalized spacial score (nSPS) is 32.8. The number of methoxy groups -OCH3 is 1. The summed E-state index contributed by atoms with van der Waals surface area (Å²) in [6.45, 7) is 10.7. The molecule has 0 aromatic carbocycles. The zero-order valence-electron chi connectivity index (χ0n) is 12.6. The van der Waals surface area contributed by atoms with Crippen molar-refractivity contribution >= 4 is 0 Å². The molecule has 2 heterocycles. The number of likely N-dealkylation sites (tertiary alicyclic amines) is 1. The lowest BCUT2D eigenvalue weighted by atomic mass is 9.81. The van der Waals surface area contributed by atoms with Gasteiger partial charge in [-0.3, -0.25) is 0 Å². The Bertz CT molecular complexity index is 255. The molecular weight excluding hydrogens is 240 g/mol. The molecule has 2 saturated heterocycles. The summed E-state index contributed by atoms with van der Waals surface area (Å²) in [5, 5.41) is 3.54. The van der Waals surface area contributed by atoms with Gasteiger partial charge in [-0.15, -0.1) is 0 Å². The van der Waals surface area contributed by atoms with E-state index < -0.39 is 0 Å². The van der Waals surface area contributed by atoms with Gasteiger partial charge in [-0.05, 0) is 38.3 Å². The van der Waals surface area contributed by atoms with Gasteiger partial charge in [0.05, 0.1) is 13.2 Å². The Morgan fingerprint density at radius 1 is 1.47 bits per heavy atom. The van der Waals surface area contributed by atoms with Gasteiger partial charge in [0.1, 0.15) is 0 Å². The van der Waals surface area contributed by atoms with Crippen LogP contribution in [-0.2, 0) is 9.47 Å². The zero-order valence-corrected chi connectivity index (χ0v) is 12.6. The minimum absolute atomic E-state index is 0.330. The third-order valence-electron chi connectivity index (χ3n) is 4.49. The molecule has 19 heavy (non-hydrogen) atoms. The van der Waals surface area contributed by atoms with Crippen molar-refractivity contribution in [2.45, 2.75) is 26.2 Å². The summed E-state index contributed by atoms with van der Waals surface area (Å²) in [5.74, 6) is 0.727. The van der Waals surface area contributed by atoms with Crippen LogP contribution in [0, 0.1) is 11.3 Å². The topological polar surface area (TPSA) is 33.7 Å². The summed E-state index contributed by atoms with van der Waals surface area (Å²) in [6.07, 6.45) is 3.79.